The number of β-amino-alcohol motifs (C(OH)–C–C–N with tert-alkyl or cyclic N) is 1. The summed E-state index contributed by atoms with van der Waals surface area (Å²) >= 11 is 0. The van der Waals surface area contributed by atoms with Crippen molar-refractivity contribution >= 4 is 22.8 Å². The molecular weight excluding hydrogens is 291 g/mol. The van der Waals surface area contributed by atoms with Crippen LogP contribution in [0.4, 0.5) is 4.39 Å². The molecule has 1 atom stereocenters. The van der Waals surface area contributed by atoms with E-state index in [1.165, 1.54) is 29.2 Å². The van der Waals surface area contributed by atoms with Crippen LogP contribution < -0.4 is 0 Å². The number of carbonyl (C=O) groups is 2. The summed E-state index contributed by atoms with van der Waals surface area (Å²) in [4.78, 5) is 27.8. The second kappa shape index (κ2) is 5.10. The quantitative estimate of drug-likeness (QED) is 0.781. The Bertz CT molecular complexity index is 757. The third kappa shape index (κ3) is 2.43. The van der Waals surface area contributed by atoms with Gasteiger partial charge in [0.1, 0.15) is 11.5 Å². The Morgan fingerprint density at radius 1 is 1.32 bits per heavy atom. The van der Waals surface area contributed by atoms with Gasteiger partial charge in [-0.15, -0.1) is 0 Å². The molecule has 1 saturated heterocycles. The Morgan fingerprint density at radius 2 is 2.09 bits per heavy atom. The van der Waals surface area contributed by atoms with Crippen molar-refractivity contribution in [2.24, 2.45) is 0 Å². The molecule has 1 aliphatic rings. The number of amides is 1. The van der Waals surface area contributed by atoms with E-state index in [1.54, 1.807) is 0 Å². The molecule has 1 aromatic heterocycles. The fourth-order valence-corrected chi connectivity index (χ4v) is 2.77. The molecule has 3 N–H and O–H groups in total. The molecule has 1 aliphatic heterocycles. The number of hydrogen-bond acceptors (Lipinski definition) is 3. The van der Waals surface area contributed by atoms with Crippen LogP contribution >= 0.6 is 0 Å². The third-order valence-corrected chi connectivity index (χ3v) is 3.97. The Kier molecular flexibility index (Phi) is 3.37. The minimum atomic E-state index is -1.91. The van der Waals surface area contributed by atoms with Gasteiger partial charge in [0.15, 0.2) is 5.60 Å². The van der Waals surface area contributed by atoms with Crippen LogP contribution in [0.1, 0.15) is 23.3 Å². The fourth-order valence-electron chi connectivity index (χ4n) is 2.77. The first-order chi connectivity index (χ1) is 10.4. The normalized spacial score (nSPS) is 22.0. The van der Waals surface area contributed by atoms with Gasteiger partial charge in [0, 0.05) is 17.4 Å². The number of fused-ring (bicyclic) bond motifs is 1. The first-order valence-electron chi connectivity index (χ1n) is 6.92. The average Bonchev–Trinajstić information content (AvgIpc) is 2.89. The molecule has 0 saturated carbocycles. The lowest BCUT2D eigenvalue weighted by molar-refractivity contribution is -0.163. The number of halogens is 1. The molecule has 1 unspecified atom stereocenters. The molecular formula is C15H15FN2O4. The molecule has 22 heavy (non-hydrogen) atoms. The second-order valence-electron chi connectivity index (χ2n) is 5.58. The van der Waals surface area contributed by atoms with E-state index in [1.807, 2.05) is 0 Å². The highest BCUT2D eigenvalue weighted by atomic mass is 19.1. The van der Waals surface area contributed by atoms with E-state index in [2.05, 4.69) is 4.98 Å². The SMILES string of the molecule is O=C(c1cc2cc(F)ccc2[nH]1)N1CCCC(O)(C(=O)O)C1. The molecule has 2 heterocycles. The summed E-state index contributed by atoms with van der Waals surface area (Å²) in [5.74, 6) is -2.14. The highest BCUT2D eigenvalue weighted by Crippen LogP contribution is 2.24. The molecule has 1 fully saturated rings. The number of piperidine rings is 1. The minimum Gasteiger partial charge on any atom is -0.479 e. The lowest BCUT2D eigenvalue weighted by Gasteiger charge is -2.36. The number of carbonyl (C=O) groups excluding carboxylic acids is 1. The number of carboxylic acid groups (broad SMARTS) is 1. The number of nitrogens with one attached hydrogen (secondary N) is 1. The highest BCUT2D eigenvalue weighted by molar-refractivity contribution is 5.98. The predicted molar refractivity (Wildman–Crippen MR) is 76.0 cm³/mol. The number of benzene rings is 1. The van der Waals surface area contributed by atoms with E-state index >= 15 is 0 Å². The average molecular weight is 306 g/mol. The van der Waals surface area contributed by atoms with Gasteiger partial charge >= 0.3 is 5.97 Å². The van der Waals surface area contributed by atoms with Gasteiger partial charge in [-0.1, -0.05) is 0 Å². The minimum absolute atomic E-state index is 0.115. The Balaban J connectivity index is 1.87. The number of aromatic amines is 1. The number of hydrogen-bond donors (Lipinski definition) is 3. The smallest absolute Gasteiger partial charge is 0.337 e. The molecule has 6 nitrogen and oxygen atoms in total. The molecule has 0 aliphatic carbocycles. The first kappa shape index (κ1) is 14.5. The summed E-state index contributed by atoms with van der Waals surface area (Å²) in [5, 5.41) is 19.7. The van der Waals surface area contributed by atoms with Crippen LogP contribution in [0.25, 0.3) is 10.9 Å². The molecule has 0 bridgehead atoms. The van der Waals surface area contributed by atoms with Crippen molar-refractivity contribution in [1.29, 1.82) is 0 Å². The maximum atomic E-state index is 13.2. The summed E-state index contributed by atoms with van der Waals surface area (Å²) in [5.41, 5.74) is -1.04. The van der Waals surface area contributed by atoms with Gasteiger partial charge < -0.3 is 20.1 Å². The standard InChI is InChI=1S/C15H15FN2O4/c16-10-2-3-11-9(6-10)7-12(17-11)13(19)18-5-1-4-15(22,8-18)14(20)21/h2-3,6-7,17,22H,1,4-5,8H2,(H,20,21). The third-order valence-electron chi connectivity index (χ3n) is 3.97. The summed E-state index contributed by atoms with van der Waals surface area (Å²) < 4.78 is 13.2. The van der Waals surface area contributed by atoms with Crippen molar-refractivity contribution in [2.75, 3.05) is 13.1 Å². The van der Waals surface area contributed by atoms with Crippen molar-refractivity contribution in [3.63, 3.8) is 0 Å². The summed E-state index contributed by atoms with van der Waals surface area (Å²) in [6.45, 7) is 0.114. The Hall–Kier alpha value is -2.41. The van der Waals surface area contributed by atoms with Crippen LogP contribution in [-0.2, 0) is 4.79 Å². The zero-order chi connectivity index (χ0) is 15.9. The number of H-pyrrole nitrogens is 1. The predicted octanol–water partition coefficient (Wildman–Crippen LogP) is 1.36. The van der Waals surface area contributed by atoms with E-state index in [-0.39, 0.29) is 18.7 Å². The van der Waals surface area contributed by atoms with Crippen molar-refractivity contribution < 1.29 is 24.2 Å². The number of nitrogens with zero attached hydrogens (tertiary/aromatic N) is 1. The van der Waals surface area contributed by atoms with Gasteiger partial charge in [-0.3, -0.25) is 4.79 Å². The van der Waals surface area contributed by atoms with Gasteiger partial charge in [-0.2, -0.15) is 0 Å². The summed E-state index contributed by atoms with van der Waals surface area (Å²) in [6.07, 6.45) is 0.521. The fraction of sp³-hybridized carbons (Fsp3) is 0.333. The van der Waals surface area contributed by atoms with Crippen LogP contribution in [0.15, 0.2) is 24.3 Å². The second-order valence-corrected chi connectivity index (χ2v) is 5.58. The molecule has 2 aromatic rings. The molecule has 1 amide bonds. The molecule has 0 radical (unpaired) electrons. The molecule has 0 spiro atoms. The monoisotopic (exact) mass is 306 g/mol. The van der Waals surface area contributed by atoms with Crippen molar-refractivity contribution in [3.05, 3.63) is 35.8 Å². The highest BCUT2D eigenvalue weighted by Gasteiger charge is 2.42. The zero-order valence-corrected chi connectivity index (χ0v) is 11.7. The van der Waals surface area contributed by atoms with Gasteiger partial charge in [0.2, 0.25) is 0 Å². The molecule has 1 aromatic carbocycles. The van der Waals surface area contributed by atoms with Gasteiger partial charge in [-0.05, 0) is 37.1 Å². The number of aromatic nitrogens is 1. The van der Waals surface area contributed by atoms with Crippen LogP contribution in [0, 0.1) is 5.82 Å². The number of aliphatic hydroxyl groups is 1. The molecule has 3 rings (SSSR count). The van der Waals surface area contributed by atoms with Gasteiger partial charge in [-0.25, -0.2) is 9.18 Å². The van der Waals surface area contributed by atoms with Crippen LogP contribution in [0.5, 0.6) is 0 Å². The first-order valence-corrected chi connectivity index (χ1v) is 6.92. The number of rotatable bonds is 2. The van der Waals surface area contributed by atoms with Gasteiger partial charge in [0.25, 0.3) is 5.91 Å². The van der Waals surface area contributed by atoms with Crippen molar-refractivity contribution in [2.45, 2.75) is 18.4 Å². The Labute approximate surface area is 125 Å². The number of carboxylic acids is 1. The lowest BCUT2D eigenvalue weighted by Crippen LogP contribution is -2.54. The van der Waals surface area contributed by atoms with E-state index in [0.717, 1.165) is 0 Å². The van der Waals surface area contributed by atoms with Crippen molar-refractivity contribution in [3.8, 4) is 0 Å². The van der Waals surface area contributed by atoms with E-state index in [9.17, 15) is 19.1 Å². The zero-order valence-electron chi connectivity index (χ0n) is 11.7. The van der Waals surface area contributed by atoms with E-state index in [0.29, 0.717) is 23.9 Å². The maximum absolute atomic E-state index is 13.2. The Morgan fingerprint density at radius 3 is 2.82 bits per heavy atom. The van der Waals surface area contributed by atoms with Crippen LogP contribution in [-0.4, -0.2) is 50.7 Å². The number of likely N-dealkylation sites (tertiary alicyclic amines) is 1. The van der Waals surface area contributed by atoms with Gasteiger partial charge in [0.05, 0.1) is 6.54 Å². The molecule has 116 valence electrons. The van der Waals surface area contributed by atoms with Crippen LogP contribution in [0.2, 0.25) is 0 Å². The van der Waals surface area contributed by atoms with Crippen molar-refractivity contribution in [1.82, 2.24) is 9.88 Å². The van der Waals surface area contributed by atoms with E-state index < -0.39 is 23.3 Å². The maximum Gasteiger partial charge on any atom is 0.337 e. The topological polar surface area (TPSA) is 93.6 Å². The molecule has 7 heteroatoms. The lowest BCUT2D eigenvalue weighted by atomic mass is 9.93. The summed E-state index contributed by atoms with van der Waals surface area (Å²) in [6, 6.07) is 5.66. The van der Waals surface area contributed by atoms with Crippen LogP contribution in [0.3, 0.4) is 0 Å². The number of aliphatic carboxylic acids is 1. The largest absolute Gasteiger partial charge is 0.479 e. The summed E-state index contributed by atoms with van der Waals surface area (Å²) in [7, 11) is 0. The van der Waals surface area contributed by atoms with E-state index in [4.69, 9.17) is 5.11 Å².